The van der Waals surface area contributed by atoms with Crippen LogP contribution in [0.1, 0.15) is 36.6 Å². The lowest BCUT2D eigenvalue weighted by molar-refractivity contribution is -0.161. The summed E-state index contributed by atoms with van der Waals surface area (Å²) in [6.07, 6.45) is 2.09. The number of amides is 1. The second-order valence-electron chi connectivity index (χ2n) is 6.97. The number of nitrogens with zero attached hydrogens (tertiary/aromatic N) is 2. The van der Waals surface area contributed by atoms with Crippen LogP contribution in [0.2, 0.25) is 0 Å². The zero-order valence-electron chi connectivity index (χ0n) is 15.5. The second kappa shape index (κ2) is 8.25. The molecular weight excluding hydrogens is 356 g/mol. The van der Waals surface area contributed by atoms with Gasteiger partial charge in [0.25, 0.3) is 5.91 Å². The highest BCUT2D eigenvalue weighted by Gasteiger charge is 2.30. The minimum atomic E-state index is -0.940. The lowest BCUT2D eigenvalue weighted by atomic mass is 10.1. The molecule has 6 nitrogen and oxygen atoms in total. The molecule has 1 aliphatic heterocycles. The second-order valence-corrected chi connectivity index (χ2v) is 6.97. The van der Waals surface area contributed by atoms with E-state index >= 15 is 0 Å². The summed E-state index contributed by atoms with van der Waals surface area (Å²) < 4.78 is 10.9. The zero-order chi connectivity index (χ0) is 19.3. The summed E-state index contributed by atoms with van der Waals surface area (Å²) in [5.74, 6) is -0.664. The number of esters is 1. The van der Waals surface area contributed by atoms with Crippen LogP contribution in [0.4, 0.5) is 0 Å². The first-order valence-corrected chi connectivity index (χ1v) is 9.59. The number of para-hydroxylation sites is 1. The molecule has 2 aromatic carbocycles. The molecule has 0 aliphatic carbocycles. The minimum absolute atomic E-state index is 0.0480. The van der Waals surface area contributed by atoms with Crippen LogP contribution in [0, 0.1) is 0 Å². The maximum absolute atomic E-state index is 13.1. The van der Waals surface area contributed by atoms with Crippen molar-refractivity contribution in [3.8, 4) is 0 Å². The van der Waals surface area contributed by atoms with E-state index in [4.69, 9.17) is 9.26 Å². The molecule has 1 amide bonds. The summed E-state index contributed by atoms with van der Waals surface area (Å²) in [5.41, 5.74) is 1.81. The molecule has 2 heterocycles. The maximum atomic E-state index is 13.1. The number of fused-ring (bicyclic) bond motifs is 1. The van der Waals surface area contributed by atoms with E-state index in [0.29, 0.717) is 29.9 Å². The van der Waals surface area contributed by atoms with Gasteiger partial charge in [0.2, 0.25) is 6.10 Å². The van der Waals surface area contributed by atoms with Crippen LogP contribution in [0.3, 0.4) is 0 Å². The lowest BCUT2D eigenvalue weighted by Gasteiger charge is -2.30. The van der Waals surface area contributed by atoms with Gasteiger partial charge in [-0.3, -0.25) is 9.59 Å². The van der Waals surface area contributed by atoms with E-state index in [-0.39, 0.29) is 12.3 Å². The Hall–Kier alpha value is -3.15. The first kappa shape index (κ1) is 18.2. The van der Waals surface area contributed by atoms with E-state index in [1.807, 2.05) is 48.5 Å². The molecule has 1 unspecified atom stereocenters. The quantitative estimate of drug-likeness (QED) is 0.634. The Morgan fingerprint density at radius 1 is 1.00 bits per heavy atom. The molecule has 1 fully saturated rings. The molecule has 4 rings (SSSR count). The minimum Gasteiger partial charge on any atom is -0.447 e. The molecule has 1 saturated heterocycles. The fourth-order valence-corrected chi connectivity index (χ4v) is 3.54. The van der Waals surface area contributed by atoms with E-state index < -0.39 is 12.1 Å². The molecule has 6 heteroatoms. The van der Waals surface area contributed by atoms with Crippen molar-refractivity contribution in [2.75, 3.05) is 13.1 Å². The topological polar surface area (TPSA) is 72.6 Å². The molecule has 144 valence electrons. The van der Waals surface area contributed by atoms with Crippen molar-refractivity contribution in [3.05, 3.63) is 65.9 Å². The van der Waals surface area contributed by atoms with Gasteiger partial charge in [0.05, 0.1) is 6.42 Å². The normalized spacial score (nSPS) is 15.4. The fraction of sp³-hybridized carbons (Fsp3) is 0.318. The van der Waals surface area contributed by atoms with Gasteiger partial charge in [0.15, 0.2) is 5.58 Å². The van der Waals surface area contributed by atoms with E-state index in [9.17, 15) is 9.59 Å². The van der Waals surface area contributed by atoms with Crippen LogP contribution in [0.15, 0.2) is 59.1 Å². The third kappa shape index (κ3) is 3.91. The number of hydrogen-bond donors (Lipinski definition) is 0. The van der Waals surface area contributed by atoms with E-state index in [1.54, 1.807) is 11.0 Å². The van der Waals surface area contributed by atoms with Crippen molar-refractivity contribution in [1.82, 2.24) is 10.1 Å². The summed E-state index contributed by atoms with van der Waals surface area (Å²) in [6.45, 7) is 1.40. The number of rotatable bonds is 5. The molecule has 1 atom stereocenters. The van der Waals surface area contributed by atoms with E-state index in [2.05, 4.69) is 5.16 Å². The molecular formula is C22H22N2O4. The SMILES string of the molecule is O=C(Cc1noc2ccccc12)OC(C(=O)N1CCCCC1)c1ccccc1. The standard InChI is InChI=1S/C22H22N2O4/c25-20(15-18-17-11-5-6-12-19(17)28-23-18)27-21(16-9-3-1-4-10-16)22(26)24-13-7-2-8-14-24/h1,3-6,9-12,21H,2,7-8,13-15H2. The smallest absolute Gasteiger partial charge is 0.313 e. The number of likely N-dealkylation sites (tertiary alicyclic amines) is 1. The van der Waals surface area contributed by atoms with Gasteiger partial charge in [0.1, 0.15) is 5.69 Å². The fourth-order valence-electron chi connectivity index (χ4n) is 3.54. The first-order chi connectivity index (χ1) is 13.7. The first-order valence-electron chi connectivity index (χ1n) is 9.59. The van der Waals surface area contributed by atoms with Gasteiger partial charge >= 0.3 is 5.97 Å². The molecule has 28 heavy (non-hydrogen) atoms. The molecule has 0 saturated carbocycles. The van der Waals surface area contributed by atoms with Crippen LogP contribution in [-0.4, -0.2) is 35.0 Å². The predicted molar refractivity (Wildman–Crippen MR) is 103 cm³/mol. The molecule has 0 radical (unpaired) electrons. The van der Waals surface area contributed by atoms with Gasteiger partial charge in [-0.25, -0.2) is 0 Å². The van der Waals surface area contributed by atoms with Gasteiger partial charge in [0, 0.05) is 24.0 Å². The number of piperidine rings is 1. The van der Waals surface area contributed by atoms with Crippen molar-refractivity contribution in [2.45, 2.75) is 31.8 Å². The highest BCUT2D eigenvalue weighted by Crippen LogP contribution is 2.24. The number of aromatic nitrogens is 1. The number of ether oxygens (including phenoxy) is 1. The van der Waals surface area contributed by atoms with Gasteiger partial charge in [-0.15, -0.1) is 0 Å². The highest BCUT2D eigenvalue weighted by molar-refractivity contribution is 5.87. The molecule has 0 bridgehead atoms. The monoisotopic (exact) mass is 378 g/mol. The van der Waals surface area contributed by atoms with Crippen LogP contribution >= 0.6 is 0 Å². The maximum Gasteiger partial charge on any atom is 0.313 e. The Bertz CT molecular complexity index is 961. The van der Waals surface area contributed by atoms with Crippen molar-refractivity contribution in [3.63, 3.8) is 0 Å². The average molecular weight is 378 g/mol. The summed E-state index contributed by atoms with van der Waals surface area (Å²) in [7, 11) is 0. The number of carbonyl (C=O) groups is 2. The van der Waals surface area contributed by atoms with Crippen LogP contribution < -0.4 is 0 Å². The van der Waals surface area contributed by atoms with Crippen molar-refractivity contribution in [1.29, 1.82) is 0 Å². The van der Waals surface area contributed by atoms with Gasteiger partial charge < -0.3 is 14.2 Å². The van der Waals surface area contributed by atoms with Gasteiger partial charge in [-0.1, -0.05) is 47.6 Å². The Labute approximate surface area is 163 Å². The van der Waals surface area contributed by atoms with Gasteiger partial charge in [-0.2, -0.15) is 0 Å². The molecule has 0 N–H and O–H groups in total. The summed E-state index contributed by atoms with van der Waals surface area (Å²) >= 11 is 0. The third-order valence-corrected chi connectivity index (χ3v) is 5.01. The Kier molecular flexibility index (Phi) is 5.37. The largest absolute Gasteiger partial charge is 0.447 e. The Balaban J connectivity index is 1.53. The number of carbonyl (C=O) groups excluding carboxylic acids is 2. The van der Waals surface area contributed by atoms with Crippen LogP contribution in [0.25, 0.3) is 11.0 Å². The summed E-state index contributed by atoms with van der Waals surface area (Å²) in [5, 5.41) is 4.75. The van der Waals surface area contributed by atoms with Crippen LogP contribution in [-0.2, 0) is 20.7 Å². The lowest BCUT2D eigenvalue weighted by Crippen LogP contribution is -2.40. The highest BCUT2D eigenvalue weighted by atomic mass is 16.5. The van der Waals surface area contributed by atoms with E-state index in [1.165, 1.54) is 0 Å². The Morgan fingerprint density at radius 3 is 2.50 bits per heavy atom. The molecule has 1 aliphatic rings. The number of benzene rings is 2. The molecule has 0 spiro atoms. The van der Waals surface area contributed by atoms with Crippen molar-refractivity contribution < 1.29 is 18.8 Å². The van der Waals surface area contributed by atoms with Crippen molar-refractivity contribution >= 4 is 22.8 Å². The van der Waals surface area contributed by atoms with Gasteiger partial charge in [-0.05, 0) is 31.4 Å². The molecule has 3 aromatic rings. The number of hydrogen-bond acceptors (Lipinski definition) is 5. The Morgan fingerprint density at radius 2 is 1.71 bits per heavy atom. The average Bonchev–Trinajstić information content (AvgIpc) is 3.15. The van der Waals surface area contributed by atoms with E-state index in [0.717, 1.165) is 24.6 Å². The zero-order valence-corrected chi connectivity index (χ0v) is 15.5. The van der Waals surface area contributed by atoms with Crippen LogP contribution in [0.5, 0.6) is 0 Å². The molecule has 1 aromatic heterocycles. The summed E-state index contributed by atoms with van der Waals surface area (Å²) in [4.78, 5) is 27.5. The summed E-state index contributed by atoms with van der Waals surface area (Å²) in [6, 6.07) is 16.5. The predicted octanol–water partition coefficient (Wildman–Crippen LogP) is 3.67. The third-order valence-electron chi connectivity index (χ3n) is 5.01. The van der Waals surface area contributed by atoms with Crippen molar-refractivity contribution in [2.24, 2.45) is 0 Å².